The second-order valence-corrected chi connectivity index (χ2v) is 6.05. The van der Waals surface area contributed by atoms with E-state index in [1.807, 2.05) is 37.3 Å². The van der Waals surface area contributed by atoms with Crippen molar-refractivity contribution in [1.82, 2.24) is 10.2 Å². The molecule has 0 aromatic heterocycles. The quantitative estimate of drug-likeness (QED) is 0.905. The van der Waals surface area contributed by atoms with Crippen LogP contribution in [0, 0.1) is 5.92 Å². The fraction of sp³-hybridized carbons (Fsp3) is 0.529. The zero-order chi connectivity index (χ0) is 15.4. The first-order valence-electron chi connectivity index (χ1n) is 7.70. The van der Waals surface area contributed by atoms with Crippen molar-refractivity contribution in [2.24, 2.45) is 5.92 Å². The van der Waals surface area contributed by atoms with Crippen LogP contribution in [0.3, 0.4) is 0 Å². The number of amides is 2. The van der Waals surface area contributed by atoms with E-state index in [0.29, 0.717) is 18.9 Å². The Morgan fingerprint density at radius 3 is 2.43 bits per heavy atom. The highest BCUT2D eigenvalue weighted by Gasteiger charge is 2.40. The van der Waals surface area contributed by atoms with Crippen molar-refractivity contribution in [3.63, 3.8) is 0 Å². The van der Waals surface area contributed by atoms with Gasteiger partial charge in [0.1, 0.15) is 12.1 Å². The molecule has 2 amide bonds. The van der Waals surface area contributed by atoms with Crippen LogP contribution in [-0.4, -0.2) is 29.3 Å². The molecule has 0 radical (unpaired) electrons. The second kappa shape index (κ2) is 6.74. The molecule has 1 saturated heterocycles. The molecule has 1 fully saturated rings. The highest BCUT2D eigenvalue weighted by atomic mass is 16.2. The summed E-state index contributed by atoms with van der Waals surface area (Å²) in [6, 6.07) is 8.65. The summed E-state index contributed by atoms with van der Waals surface area (Å²) in [5.74, 6) is 0.298. The molecule has 2 rings (SSSR count). The van der Waals surface area contributed by atoms with Crippen LogP contribution in [0.5, 0.6) is 0 Å². The summed E-state index contributed by atoms with van der Waals surface area (Å²) in [6.07, 6.45) is 1.57. The van der Waals surface area contributed by atoms with Crippen molar-refractivity contribution in [3.8, 4) is 0 Å². The Labute approximate surface area is 126 Å². The van der Waals surface area contributed by atoms with Gasteiger partial charge in [-0.05, 0) is 17.9 Å². The van der Waals surface area contributed by atoms with E-state index in [9.17, 15) is 9.59 Å². The highest BCUT2D eigenvalue weighted by Crippen LogP contribution is 2.27. The molecule has 21 heavy (non-hydrogen) atoms. The van der Waals surface area contributed by atoms with Crippen molar-refractivity contribution in [2.45, 2.75) is 45.7 Å². The molecule has 1 aromatic rings. The Bertz CT molecular complexity index is 499. The number of hydrogen-bond donors (Lipinski definition) is 1. The zero-order valence-electron chi connectivity index (χ0n) is 13.0. The van der Waals surface area contributed by atoms with Crippen molar-refractivity contribution in [2.75, 3.05) is 6.54 Å². The minimum atomic E-state index is -0.505. The van der Waals surface area contributed by atoms with Crippen LogP contribution in [0.1, 0.15) is 45.2 Å². The van der Waals surface area contributed by atoms with E-state index in [4.69, 9.17) is 0 Å². The first-order chi connectivity index (χ1) is 10.0. The molecule has 0 bridgehead atoms. The molecular weight excluding hydrogens is 264 g/mol. The van der Waals surface area contributed by atoms with Crippen LogP contribution in [0.2, 0.25) is 0 Å². The third kappa shape index (κ3) is 3.43. The number of rotatable bonds is 5. The Kier molecular flexibility index (Phi) is 4.99. The van der Waals surface area contributed by atoms with Crippen LogP contribution >= 0.6 is 0 Å². The lowest BCUT2D eigenvalue weighted by Crippen LogP contribution is -2.59. The van der Waals surface area contributed by atoms with Gasteiger partial charge in [-0.3, -0.25) is 9.59 Å². The maximum absolute atomic E-state index is 12.7. The molecule has 2 unspecified atom stereocenters. The molecule has 1 aliphatic rings. The zero-order valence-corrected chi connectivity index (χ0v) is 13.0. The van der Waals surface area contributed by atoms with Crippen LogP contribution in [0.15, 0.2) is 30.3 Å². The SMILES string of the molecule is CCCC1NC(=O)C(c2ccccc2)N(CC(C)C)C1=O. The number of benzene rings is 1. The number of hydrogen-bond acceptors (Lipinski definition) is 2. The maximum Gasteiger partial charge on any atom is 0.248 e. The predicted octanol–water partition coefficient (Wildman–Crippen LogP) is 2.51. The van der Waals surface area contributed by atoms with E-state index in [2.05, 4.69) is 19.2 Å². The first kappa shape index (κ1) is 15.5. The molecular formula is C17H24N2O2. The van der Waals surface area contributed by atoms with Crippen LogP contribution < -0.4 is 5.32 Å². The van der Waals surface area contributed by atoms with Gasteiger partial charge < -0.3 is 10.2 Å². The lowest BCUT2D eigenvalue weighted by Gasteiger charge is -2.40. The molecule has 1 heterocycles. The van der Waals surface area contributed by atoms with Crippen LogP contribution in [0.25, 0.3) is 0 Å². The normalized spacial score (nSPS) is 22.6. The minimum absolute atomic E-state index is 0.0407. The van der Waals surface area contributed by atoms with Crippen LogP contribution in [0.4, 0.5) is 0 Å². The summed E-state index contributed by atoms with van der Waals surface area (Å²) in [7, 11) is 0. The summed E-state index contributed by atoms with van der Waals surface area (Å²) in [5, 5.41) is 2.89. The Morgan fingerprint density at radius 1 is 1.19 bits per heavy atom. The average molecular weight is 288 g/mol. The van der Waals surface area contributed by atoms with E-state index in [1.54, 1.807) is 4.90 Å². The summed E-state index contributed by atoms with van der Waals surface area (Å²) >= 11 is 0. The number of piperazine rings is 1. The predicted molar refractivity (Wildman–Crippen MR) is 82.6 cm³/mol. The molecule has 0 aliphatic carbocycles. The topological polar surface area (TPSA) is 49.4 Å². The van der Waals surface area contributed by atoms with Gasteiger partial charge >= 0.3 is 0 Å². The summed E-state index contributed by atoms with van der Waals surface area (Å²) in [5.41, 5.74) is 0.874. The Balaban J connectivity index is 2.33. The molecule has 4 heteroatoms. The molecule has 0 spiro atoms. The van der Waals surface area contributed by atoms with Gasteiger partial charge in [-0.25, -0.2) is 0 Å². The molecule has 1 N–H and O–H groups in total. The van der Waals surface area contributed by atoms with Gasteiger partial charge in [-0.1, -0.05) is 57.5 Å². The van der Waals surface area contributed by atoms with Gasteiger partial charge in [0.05, 0.1) is 0 Å². The molecule has 2 atom stereocenters. The summed E-state index contributed by atoms with van der Waals surface area (Å²) in [6.45, 7) is 6.76. The molecule has 114 valence electrons. The number of carbonyl (C=O) groups is 2. The summed E-state index contributed by atoms with van der Waals surface area (Å²) < 4.78 is 0. The number of carbonyl (C=O) groups excluding carboxylic acids is 2. The van der Waals surface area contributed by atoms with Gasteiger partial charge in [0, 0.05) is 6.54 Å². The number of nitrogens with one attached hydrogen (secondary N) is 1. The van der Waals surface area contributed by atoms with Gasteiger partial charge in [-0.2, -0.15) is 0 Å². The van der Waals surface area contributed by atoms with E-state index >= 15 is 0 Å². The fourth-order valence-electron chi connectivity index (χ4n) is 2.82. The van der Waals surface area contributed by atoms with E-state index in [1.165, 1.54) is 0 Å². The van der Waals surface area contributed by atoms with Crippen molar-refractivity contribution < 1.29 is 9.59 Å². The van der Waals surface area contributed by atoms with Crippen molar-refractivity contribution in [1.29, 1.82) is 0 Å². The van der Waals surface area contributed by atoms with E-state index < -0.39 is 6.04 Å². The second-order valence-electron chi connectivity index (χ2n) is 6.05. The van der Waals surface area contributed by atoms with Gasteiger partial charge in [0.15, 0.2) is 0 Å². The lowest BCUT2D eigenvalue weighted by molar-refractivity contribution is -0.150. The summed E-state index contributed by atoms with van der Waals surface area (Å²) in [4.78, 5) is 27.0. The highest BCUT2D eigenvalue weighted by molar-refractivity contribution is 5.97. The molecule has 0 saturated carbocycles. The van der Waals surface area contributed by atoms with E-state index in [-0.39, 0.29) is 17.9 Å². The van der Waals surface area contributed by atoms with E-state index in [0.717, 1.165) is 12.0 Å². The third-order valence-electron chi connectivity index (χ3n) is 3.71. The largest absolute Gasteiger partial charge is 0.342 e. The fourth-order valence-corrected chi connectivity index (χ4v) is 2.82. The van der Waals surface area contributed by atoms with Gasteiger partial charge in [0.25, 0.3) is 0 Å². The maximum atomic E-state index is 12.7. The van der Waals surface area contributed by atoms with Gasteiger partial charge in [0.2, 0.25) is 11.8 Å². The molecule has 1 aliphatic heterocycles. The monoisotopic (exact) mass is 288 g/mol. The third-order valence-corrected chi connectivity index (χ3v) is 3.71. The van der Waals surface area contributed by atoms with Crippen LogP contribution in [-0.2, 0) is 9.59 Å². The lowest BCUT2D eigenvalue weighted by atomic mass is 9.96. The van der Waals surface area contributed by atoms with Gasteiger partial charge in [-0.15, -0.1) is 0 Å². The van der Waals surface area contributed by atoms with Crippen molar-refractivity contribution >= 4 is 11.8 Å². The molecule has 4 nitrogen and oxygen atoms in total. The first-order valence-corrected chi connectivity index (χ1v) is 7.70. The number of nitrogens with zero attached hydrogens (tertiary/aromatic N) is 1. The Morgan fingerprint density at radius 2 is 1.86 bits per heavy atom. The minimum Gasteiger partial charge on any atom is -0.342 e. The smallest absolute Gasteiger partial charge is 0.248 e. The average Bonchev–Trinajstić information content (AvgIpc) is 2.45. The Hall–Kier alpha value is -1.84. The standard InChI is InChI=1S/C17H24N2O2/c1-4-8-14-17(21)19(11-12(2)3)15(16(20)18-14)13-9-6-5-7-10-13/h5-7,9-10,12,14-15H,4,8,11H2,1-3H3,(H,18,20). The van der Waals surface area contributed by atoms with Crippen molar-refractivity contribution in [3.05, 3.63) is 35.9 Å². The molecule has 1 aromatic carbocycles.